The van der Waals surface area contributed by atoms with Gasteiger partial charge in [-0.1, -0.05) is 80.4 Å². The minimum absolute atomic E-state index is 0.0419. The number of hydrogen-bond donors (Lipinski definition) is 1. The molecule has 1 aliphatic heterocycles. The van der Waals surface area contributed by atoms with Gasteiger partial charge >= 0.3 is 0 Å². The summed E-state index contributed by atoms with van der Waals surface area (Å²) in [4.78, 5) is 30.8. The van der Waals surface area contributed by atoms with E-state index in [2.05, 4.69) is 50.4 Å². The molecule has 1 aliphatic carbocycles. The first-order valence-electron chi connectivity index (χ1n) is 12.5. The highest BCUT2D eigenvalue weighted by Crippen LogP contribution is 2.42. The summed E-state index contributed by atoms with van der Waals surface area (Å²) in [6, 6.07) is 22.0. The zero-order chi connectivity index (χ0) is 24.5. The van der Waals surface area contributed by atoms with Crippen LogP contribution in [-0.4, -0.2) is 17.9 Å². The molecule has 0 spiro atoms. The molecule has 1 heterocycles. The summed E-state index contributed by atoms with van der Waals surface area (Å²) in [7, 11) is 0. The lowest BCUT2D eigenvalue weighted by Crippen LogP contribution is -2.43. The maximum absolute atomic E-state index is 13.8. The van der Waals surface area contributed by atoms with Gasteiger partial charge in [-0.15, -0.1) is 0 Å². The lowest BCUT2D eigenvalue weighted by atomic mass is 9.78. The summed E-state index contributed by atoms with van der Waals surface area (Å²) in [6.07, 6.45) is 3.39. The Morgan fingerprint density at radius 3 is 2.57 bits per heavy atom. The van der Waals surface area contributed by atoms with Crippen molar-refractivity contribution in [1.82, 2.24) is 5.32 Å². The van der Waals surface area contributed by atoms with E-state index < -0.39 is 0 Å². The highest BCUT2D eigenvalue weighted by Gasteiger charge is 2.30. The molecule has 0 bridgehead atoms. The number of carbonyl (C=O) groups is 2. The standard InChI is InChI=1S/C30H32N2O2S/c1-19-11-13-22(14-12-19)18-32-26-17-23(29(33)31-25-9-6-7-20(2)21(25)3)15-16-28(26)35-27-10-5-4-8-24(27)30(32)34/h4-5,8,10-17,20-21,25H,6-7,9,18H2,1-3H3,(H,31,33)/t20-,21-,25-/m1/s1. The van der Waals surface area contributed by atoms with Crippen LogP contribution in [0.5, 0.6) is 0 Å². The first-order chi connectivity index (χ1) is 16.9. The Hall–Kier alpha value is -3.05. The summed E-state index contributed by atoms with van der Waals surface area (Å²) < 4.78 is 0. The van der Waals surface area contributed by atoms with Crippen molar-refractivity contribution in [2.75, 3.05) is 4.90 Å². The quantitative estimate of drug-likeness (QED) is 0.440. The third kappa shape index (κ3) is 4.87. The van der Waals surface area contributed by atoms with Gasteiger partial charge in [-0.25, -0.2) is 0 Å². The van der Waals surface area contributed by atoms with Crippen molar-refractivity contribution in [2.24, 2.45) is 11.8 Å². The van der Waals surface area contributed by atoms with Crippen molar-refractivity contribution in [3.05, 3.63) is 89.0 Å². The number of nitrogens with zero attached hydrogens (tertiary/aromatic N) is 1. The van der Waals surface area contributed by atoms with E-state index in [1.54, 1.807) is 11.8 Å². The Morgan fingerprint density at radius 1 is 1.00 bits per heavy atom. The Balaban J connectivity index is 1.50. The molecule has 1 saturated carbocycles. The Bertz CT molecular complexity index is 1250. The van der Waals surface area contributed by atoms with E-state index in [4.69, 9.17) is 0 Å². The van der Waals surface area contributed by atoms with E-state index in [0.29, 0.717) is 29.5 Å². The normalized spacial score (nSPS) is 21.6. The molecule has 0 aromatic heterocycles. The van der Waals surface area contributed by atoms with Crippen LogP contribution < -0.4 is 10.2 Å². The van der Waals surface area contributed by atoms with Gasteiger partial charge < -0.3 is 10.2 Å². The third-order valence-electron chi connectivity index (χ3n) is 7.58. The number of hydrogen-bond acceptors (Lipinski definition) is 3. The van der Waals surface area contributed by atoms with Crippen LogP contribution in [0, 0.1) is 18.8 Å². The van der Waals surface area contributed by atoms with Crippen molar-refractivity contribution in [3.63, 3.8) is 0 Å². The smallest absolute Gasteiger partial charge is 0.259 e. The van der Waals surface area contributed by atoms with Crippen molar-refractivity contribution in [1.29, 1.82) is 0 Å². The van der Waals surface area contributed by atoms with Gasteiger partial charge in [0, 0.05) is 21.4 Å². The van der Waals surface area contributed by atoms with Gasteiger partial charge in [-0.3, -0.25) is 9.59 Å². The molecule has 35 heavy (non-hydrogen) atoms. The van der Waals surface area contributed by atoms with Gasteiger partial charge in [-0.2, -0.15) is 0 Å². The van der Waals surface area contributed by atoms with Crippen LogP contribution in [0.2, 0.25) is 0 Å². The molecule has 2 aliphatic rings. The van der Waals surface area contributed by atoms with E-state index in [1.807, 2.05) is 47.4 Å². The molecular weight excluding hydrogens is 452 g/mol. The molecule has 3 atom stereocenters. The molecule has 1 fully saturated rings. The fraction of sp³-hybridized carbons (Fsp3) is 0.333. The monoisotopic (exact) mass is 484 g/mol. The van der Waals surface area contributed by atoms with Gasteiger partial charge in [0.1, 0.15) is 0 Å². The summed E-state index contributed by atoms with van der Waals surface area (Å²) in [5.41, 5.74) is 4.32. The van der Waals surface area contributed by atoms with Crippen molar-refractivity contribution < 1.29 is 9.59 Å². The Kier molecular flexibility index (Phi) is 6.70. The fourth-order valence-corrected chi connectivity index (χ4v) is 6.19. The summed E-state index contributed by atoms with van der Waals surface area (Å²) in [6.45, 7) is 7.02. The predicted molar refractivity (Wildman–Crippen MR) is 142 cm³/mol. The molecule has 0 unspecified atom stereocenters. The number of anilines is 1. The van der Waals surface area contributed by atoms with Crippen LogP contribution >= 0.6 is 11.8 Å². The average Bonchev–Trinajstić information content (AvgIpc) is 2.97. The number of amides is 2. The largest absolute Gasteiger partial charge is 0.349 e. The number of aryl methyl sites for hydroxylation is 1. The first kappa shape index (κ1) is 23.7. The van der Waals surface area contributed by atoms with Gasteiger partial charge in [-0.05, 0) is 61.1 Å². The van der Waals surface area contributed by atoms with Crippen LogP contribution in [-0.2, 0) is 6.54 Å². The molecule has 5 rings (SSSR count). The number of fused-ring (bicyclic) bond motifs is 2. The Labute approximate surface area is 212 Å². The maximum atomic E-state index is 13.8. The molecule has 3 aromatic rings. The highest BCUT2D eigenvalue weighted by atomic mass is 32.2. The number of rotatable bonds is 4. The second-order valence-corrected chi connectivity index (χ2v) is 11.1. The van der Waals surface area contributed by atoms with Crippen molar-refractivity contribution in [3.8, 4) is 0 Å². The topological polar surface area (TPSA) is 49.4 Å². The minimum atomic E-state index is -0.0618. The third-order valence-corrected chi connectivity index (χ3v) is 8.72. The van der Waals surface area contributed by atoms with E-state index in [9.17, 15) is 9.59 Å². The van der Waals surface area contributed by atoms with Crippen LogP contribution in [0.15, 0.2) is 76.5 Å². The van der Waals surface area contributed by atoms with Gasteiger partial charge in [0.05, 0.1) is 17.8 Å². The second kappa shape index (κ2) is 9.90. The zero-order valence-corrected chi connectivity index (χ0v) is 21.4. The first-order valence-corrected chi connectivity index (χ1v) is 13.3. The maximum Gasteiger partial charge on any atom is 0.259 e. The number of carbonyl (C=O) groups excluding carboxylic acids is 2. The summed E-state index contributed by atoms with van der Waals surface area (Å²) >= 11 is 1.59. The van der Waals surface area contributed by atoms with Crippen LogP contribution in [0.3, 0.4) is 0 Å². The second-order valence-electron chi connectivity index (χ2n) is 10.0. The lowest BCUT2D eigenvalue weighted by Gasteiger charge is -2.34. The number of benzene rings is 3. The molecule has 4 nitrogen and oxygen atoms in total. The summed E-state index contributed by atoms with van der Waals surface area (Å²) in [5.74, 6) is 0.963. The van der Waals surface area contributed by atoms with Gasteiger partial charge in [0.15, 0.2) is 0 Å². The van der Waals surface area contributed by atoms with Crippen LogP contribution in [0.1, 0.15) is 65.0 Å². The molecule has 0 saturated heterocycles. The molecule has 0 radical (unpaired) electrons. The van der Waals surface area contributed by atoms with E-state index in [-0.39, 0.29) is 17.9 Å². The van der Waals surface area contributed by atoms with Crippen molar-refractivity contribution in [2.45, 2.75) is 62.4 Å². The zero-order valence-electron chi connectivity index (χ0n) is 20.6. The molecule has 2 amide bonds. The average molecular weight is 485 g/mol. The predicted octanol–water partition coefficient (Wildman–Crippen LogP) is 6.86. The van der Waals surface area contributed by atoms with E-state index in [1.165, 1.54) is 12.0 Å². The van der Waals surface area contributed by atoms with Crippen LogP contribution in [0.4, 0.5) is 5.69 Å². The SMILES string of the molecule is Cc1ccc(CN2C(=O)c3ccccc3Sc3ccc(C(=O)N[C@@H]4CCC[C@@H](C)[C@H]4C)cc32)cc1. The highest BCUT2D eigenvalue weighted by molar-refractivity contribution is 7.99. The molecule has 180 valence electrons. The van der Waals surface area contributed by atoms with E-state index >= 15 is 0 Å². The summed E-state index contributed by atoms with van der Waals surface area (Å²) in [5, 5.41) is 3.29. The van der Waals surface area contributed by atoms with Gasteiger partial charge in [0.2, 0.25) is 0 Å². The lowest BCUT2D eigenvalue weighted by molar-refractivity contribution is 0.0889. The molecule has 5 heteroatoms. The van der Waals surface area contributed by atoms with Crippen molar-refractivity contribution >= 4 is 29.3 Å². The Morgan fingerprint density at radius 2 is 1.77 bits per heavy atom. The minimum Gasteiger partial charge on any atom is -0.349 e. The molecule has 1 N–H and O–H groups in total. The molecule has 3 aromatic carbocycles. The fourth-order valence-electron chi connectivity index (χ4n) is 5.13. The van der Waals surface area contributed by atoms with E-state index in [0.717, 1.165) is 33.9 Å². The molecular formula is C30H32N2O2S. The number of nitrogens with one attached hydrogen (secondary N) is 1. The van der Waals surface area contributed by atoms with Gasteiger partial charge in [0.25, 0.3) is 11.8 Å². The van der Waals surface area contributed by atoms with Crippen LogP contribution in [0.25, 0.3) is 0 Å².